The molecule has 2 rings (SSSR count). The average Bonchev–Trinajstić information content (AvgIpc) is 2.92. The van der Waals surface area contributed by atoms with Crippen LogP contribution in [0, 0.1) is 0 Å². The molecule has 2 N–H and O–H groups in total. The van der Waals surface area contributed by atoms with Gasteiger partial charge in [-0.05, 0) is 25.1 Å². The third kappa shape index (κ3) is 3.12. The summed E-state index contributed by atoms with van der Waals surface area (Å²) in [5, 5.41) is 6.67. The molecule has 0 saturated heterocycles. The molecule has 1 aromatic carbocycles. The van der Waals surface area contributed by atoms with Gasteiger partial charge in [-0.1, -0.05) is 11.6 Å². The fraction of sp³-hybridized carbons (Fsp3) is 0.250. The van der Waals surface area contributed by atoms with E-state index in [4.69, 9.17) is 16.3 Å². The standard InChI is InChI=1S/C12H14ClN3O3S/c1-8(9-6-14-15-7-9)16-20(17,18)10-3-4-12(19-2)11(13)5-10/h3-8,16H,1-2H3,(H,14,15). The number of nitrogens with zero attached hydrogens (tertiary/aromatic N) is 1. The van der Waals surface area contributed by atoms with Crippen molar-refractivity contribution in [2.45, 2.75) is 17.9 Å². The quantitative estimate of drug-likeness (QED) is 0.885. The number of rotatable bonds is 5. The van der Waals surface area contributed by atoms with Gasteiger partial charge in [0.2, 0.25) is 10.0 Å². The number of sulfonamides is 1. The Bertz CT molecular complexity index is 686. The predicted molar refractivity (Wildman–Crippen MR) is 75.3 cm³/mol. The van der Waals surface area contributed by atoms with Crippen LogP contribution >= 0.6 is 11.6 Å². The number of aromatic nitrogens is 2. The average molecular weight is 316 g/mol. The van der Waals surface area contributed by atoms with Crippen LogP contribution in [0.25, 0.3) is 0 Å². The third-order valence-corrected chi connectivity index (χ3v) is 4.62. The van der Waals surface area contributed by atoms with Crippen LogP contribution in [-0.4, -0.2) is 25.7 Å². The lowest BCUT2D eigenvalue weighted by Crippen LogP contribution is -2.26. The van der Waals surface area contributed by atoms with Crippen molar-refractivity contribution in [2.75, 3.05) is 7.11 Å². The molecule has 0 fully saturated rings. The number of halogens is 1. The molecule has 108 valence electrons. The Kier molecular flexibility index (Phi) is 4.32. The predicted octanol–water partition coefficient (Wildman–Crippen LogP) is 2.11. The summed E-state index contributed by atoms with van der Waals surface area (Å²) in [6.45, 7) is 1.73. The van der Waals surface area contributed by atoms with Crippen molar-refractivity contribution in [3.05, 3.63) is 41.2 Å². The molecule has 20 heavy (non-hydrogen) atoms. The van der Waals surface area contributed by atoms with Crippen molar-refractivity contribution in [1.29, 1.82) is 0 Å². The molecule has 0 amide bonds. The molecule has 1 aromatic heterocycles. The van der Waals surface area contributed by atoms with E-state index in [1.165, 1.54) is 25.3 Å². The van der Waals surface area contributed by atoms with Crippen LogP contribution in [0.15, 0.2) is 35.5 Å². The summed E-state index contributed by atoms with van der Waals surface area (Å²) in [6, 6.07) is 3.90. The molecule has 2 aromatic rings. The van der Waals surface area contributed by atoms with Gasteiger partial charge < -0.3 is 4.74 Å². The Hall–Kier alpha value is -1.57. The minimum atomic E-state index is -3.66. The normalized spacial score (nSPS) is 13.2. The Morgan fingerprint density at radius 3 is 2.75 bits per heavy atom. The fourth-order valence-corrected chi connectivity index (χ4v) is 3.26. The SMILES string of the molecule is COc1ccc(S(=O)(=O)NC(C)c2cn[nH]c2)cc1Cl. The molecule has 0 radical (unpaired) electrons. The van der Waals surface area contributed by atoms with E-state index in [-0.39, 0.29) is 9.92 Å². The highest BCUT2D eigenvalue weighted by Gasteiger charge is 2.20. The van der Waals surface area contributed by atoms with Gasteiger partial charge in [0.05, 0.1) is 23.2 Å². The maximum atomic E-state index is 12.2. The third-order valence-electron chi connectivity index (χ3n) is 2.78. The summed E-state index contributed by atoms with van der Waals surface area (Å²) in [6.07, 6.45) is 3.20. The van der Waals surface area contributed by atoms with Gasteiger partial charge in [-0.2, -0.15) is 5.10 Å². The molecular weight excluding hydrogens is 302 g/mol. The van der Waals surface area contributed by atoms with Gasteiger partial charge >= 0.3 is 0 Å². The molecule has 0 aliphatic carbocycles. The second kappa shape index (κ2) is 5.82. The van der Waals surface area contributed by atoms with E-state index >= 15 is 0 Å². The monoisotopic (exact) mass is 315 g/mol. The second-order valence-electron chi connectivity index (χ2n) is 4.17. The van der Waals surface area contributed by atoms with Crippen LogP contribution in [0.4, 0.5) is 0 Å². The van der Waals surface area contributed by atoms with Gasteiger partial charge in [-0.25, -0.2) is 13.1 Å². The molecule has 6 nitrogen and oxygen atoms in total. The zero-order valence-corrected chi connectivity index (χ0v) is 12.5. The summed E-state index contributed by atoms with van der Waals surface area (Å²) in [7, 11) is -2.20. The van der Waals surface area contributed by atoms with Gasteiger partial charge in [0.15, 0.2) is 0 Å². The van der Waals surface area contributed by atoms with Crippen LogP contribution in [-0.2, 0) is 10.0 Å². The largest absolute Gasteiger partial charge is 0.495 e. The summed E-state index contributed by atoms with van der Waals surface area (Å²) < 4.78 is 32.0. The van der Waals surface area contributed by atoms with Crippen LogP contribution in [0.3, 0.4) is 0 Å². The molecule has 0 aliphatic heterocycles. The van der Waals surface area contributed by atoms with E-state index in [0.717, 1.165) is 5.56 Å². The molecule has 0 saturated carbocycles. The van der Waals surface area contributed by atoms with Crippen molar-refractivity contribution in [2.24, 2.45) is 0 Å². The first-order valence-corrected chi connectivity index (χ1v) is 7.64. The highest BCUT2D eigenvalue weighted by atomic mass is 35.5. The number of hydrogen-bond acceptors (Lipinski definition) is 4. The Morgan fingerprint density at radius 2 is 2.20 bits per heavy atom. The molecule has 1 unspecified atom stereocenters. The molecule has 8 heteroatoms. The highest BCUT2D eigenvalue weighted by Crippen LogP contribution is 2.27. The van der Waals surface area contributed by atoms with Gasteiger partial charge in [0.1, 0.15) is 5.75 Å². The molecule has 0 aliphatic rings. The van der Waals surface area contributed by atoms with Crippen molar-refractivity contribution in [3.8, 4) is 5.75 Å². The molecule has 0 bridgehead atoms. The molecule has 0 spiro atoms. The van der Waals surface area contributed by atoms with Crippen LogP contribution < -0.4 is 9.46 Å². The number of nitrogens with one attached hydrogen (secondary N) is 2. The maximum absolute atomic E-state index is 12.2. The lowest BCUT2D eigenvalue weighted by molar-refractivity contribution is 0.414. The minimum Gasteiger partial charge on any atom is -0.495 e. The lowest BCUT2D eigenvalue weighted by atomic mass is 10.2. The van der Waals surface area contributed by atoms with Crippen molar-refractivity contribution in [1.82, 2.24) is 14.9 Å². The van der Waals surface area contributed by atoms with Crippen LogP contribution in [0.2, 0.25) is 5.02 Å². The van der Waals surface area contributed by atoms with E-state index in [9.17, 15) is 8.42 Å². The topological polar surface area (TPSA) is 84.1 Å². The van der Waals surface area contributed by atoms with Crippen molar-refractivity contribution < 1.29 is 13.2 Å². The second-order valence-corrected chi connectivity index (χ2v) is 6.29. The first-order valence-electron chi connectivity index (χ1n) is 5.78. The van der Waals surface area contributed by atoms with E-state index in [2.05, 4.69) is 14.9 Å². The number of aromatic amines is 1. The van der Waals surface area contributed by atoms with E-state index in [1.54, 1.807) is 19.3 Å². The first-order chi connectivity index (χ1) is 9.44. The zero-order valence-electron chi connectivity index (χ0n) is 10.9. The molecule has 1 heterocycles. The first kappa shape index (κ1) is 14.8. The van der Waals surface area contributed by atoms with Gasteiger partial charge in [-0.3, -0.25) is 5.10 Å². The van der Waals surface area contributed by atoms with Gasteiger partial charge in [0.25, 0.3) is 0 Å². The van der Waals surface area contributed by atoms with Crippen molar-refractivity contribution in [3.63, 3.8) is 0 Å². The summed E-state index contributed by atoms with van der Waals surface area (Å²) in [5.41, 5.74) is 0.744. The number of hydrogen-bond donors (Lipinski definition) is 2. The zero-order chi connectivity index (χ0) is 14.8. The summed E-state index contributed by atoms with van der Waals surface area (Å²) in [4.78, 5) is 0.0821. The van der Waals surface area contributed by atoms with E-state index < -0.39 is 16.1 Å². The number of methoxy groups -OCH3 is 1. The molecule has 1 atom stereocenters. The Labute approximate surface area is 122 Å². The lowest BCUT2D eigenvalue weighted by Gasteiger charge is -2.13. The highest BCUT2D eigenvalue weighted by molar-refractivity contribution is 7.89. The van der Waals surface area contributed by atoms with Gasteiger partial charge in [0, 0.05) is 17.8 Å². The summed E-state index contributed by atoms with van der Waals surface area (Å²) >= 11 is 5.94. The minimum absolute atomic E-state index is 0.0821. The Morgan fingerprint density at radius 1 is 1.45 bits per heavy atom. The summed E-state index contributed by atoms with van der Waals surface area (Å²) in [5.74, 6) is 0.425. The van der Waals surface area contributed by atoms with Crippen molar-refractivity contribution >= 4 is 21.6 Å². The molecular formula is C12H14ClN3O3S. The number of H-pyrrole nitrogens is 1. The number of benzene rings is 1. The van der Waals surface area contributed by atoms with Crippen LogP contribution in [0.1, 0.15) is 18.5 Å². The maximum Gasteiger partial charge on any atom is 0.241 e. The number of ether oxygens (including phenoxy) is 1. The Balaban J connectivity index is 2.24. The van der Waals surface area contributed by atoms with Gasteiger partial charge in [-0.15, -0.1) is 0 Å². The van der Waals surface area contributed by atoms with Crippen LogP contribution in [0.5, 0.6) is 5.75 Å². The van der Waals surface area contributed by atoms with E-state index in [1.807, 2.05) is 0 Å². The smallest absolute Gasteiger partial charge is 0.241 e. The fourth-order valence-electron chi connectivity index (χ4n) is 1.68. The van der Waals surface area contributed by atoms with E-state index in [0.29, 0.717) is 5.75 Å².